The molecule has 1 saturated carbocycles. The van der Waals surface area contributed by atoms with E-state index in [1.54, 1.807) is 24.3 Å². The molecule has 142 valence electrons. The Bertz CT molecular complexity index is 1000. The first-order chi connectivity index (χ1) is 13.0. The molecule has 1 aliphatic heterocycles. The van der Waals surface area contributed by atoms with Crippen LogP contribution in [0.1, 0.15) is 25.7 Å². The van der Waals surface area contributed by atoms with E-state index in [-0.39, 0.29) is 41.9 Å². The molecule has 8 nitrogen and oxygen atoms in total. The van der Waals surface area contributed by atoms with Gasteiger partial charge in [0.25, 0.3) is 11.1 Å². The fraction of sp³-hybridized carbons (Fsp3) is 0.474. The molecule has 2 fully saturated rings. The van der Waals surface area contributed by atoms with Crippen molar-refractivity contribution in [3.63, 3.8) is 0 Å². The van der Waals surface area contributed by atoms with Gasteiger partial charge >= 0.3 is 0 Å². The normalized spacial score (nSPS) is 20.1. The Balaban J connectivity index is 1.38. The van der Waals surface area contributed by atoms with Gasteiger partial charge in [0.05, 0.1) is 23.2 Å². The molecule has 4 rings (SSSR count). The zero-order chi connectivity index (χ0) is 19.0. The third-order valence-corrected chi connectivity index (χ3v) is 5.32. The standard InChI is InChI=1S/C19H22N4O4/c24-16-8-5-12(11-22(16)13-6-7-13)17(25)20-9-10-23-19(27)15-4-2-1-3-14(15)18(26)21-23/h1-4,12-13H,5-11H2,(H,20,25)(H,21,26)/t12-/m1/s1. The summed E-state index contributed by atoms with van der Waals surface area (Å²) in [4.78, 5) is 50.8. The molecule has 0 radical (unpaired) electrons. The molecule has 0 spiro atoms. The van der Waals surface area contributed by atoms with Crippen LogP contribution in [-0.2, 0) is 16.1 Å². The third-order valence-electron chi connectivity index (χ3n) is 5.32. The third kappa shape index (κ3) is 3.51. The van der Waals surface area contributed by atoms with Crippen molar-refractivity contribution >= 4 is 22.6 Å². The van der Waals surface area contributed by atoms with Crippen molar-refractivity contribution in [2.75, 3.05) is 13.1 Å². The summed E-state index contributed by atoms with van der Waals surface area (Å²) in [5, 5.41) is 6.10. The first-order valence-electron chi connectivity index (χ1n) is 9.33. The Morgan fingerprint density at radius 3 is 2.59 bits per heavy atom. The van der Waals surface area contributed by atoms with E-state index in [2.05, 4.69) is 10.4 Å². The van der Waals surface area contributed by atoms with Gasteiger partial charge in [0.1, 0.15) is 0 Å². The highest BCUT2D eigenvalue weighted by molar-refractivity contribution is 5.84. The van der Waals surface area contributed by atoms with E-state index in [0.717, 1.165) is 12.8 Å². The maximum absolute atomic E-state index is 12.5. The largest absolute Gasteiger partial charge is 0.354 e. The average molecular weight is 370 g/mol. The van der Waals surface area contributed by atoms with Crippen LogP contribution in [0.25, 0.3) is 10.8 Å². The zero-order valence-corrected chi connectivity index (χ0v) is 14.9. The molecule has 0 bridgehead atoms. The number of benzene rings is 1. The molecule has 1 aromatic carbocycles. The second kappa shape index (κ2) is 7.02. The molecular weight excluding hydrogens is 348 g/mol. The highest BCUT2D eigenvalue weighted by atomic mass is 16.2. The molecule has 0 unspecified atom stereocenters. The number of nitrogens with zero attached hydrogens (tertiary/aromatic N) is 2. The maximum atomic E-state index is 12.5. The summed E-state index contributed by atoms with van der Waals surface area (Å²) in [6, 6.07) is 6.96. The lowest BCUT2D eigenvalue weighted by Gasteiger charge is -2.32. The van der Waals surface area contributed by atoms with Gasteiger partial charge in [-0.15, -0.1) is 0 Å². The number of carbonyl (C=O) groups is 2. The summed E-state index contributed by atoms with van der Waals surface area (Å²) in [5.41, 5.74) is -0.620. The molecule has 2 N–H and O–H groups in total. The number of fused-ring (bicyclic) bond motifs is 1. The van der Waals surface area contributed by atoms with Gasteiger partial charge in [-0.05, 0) is 31.4 Å². The highest BCUT2D eigenvalue weighted by Gasteiger charge is 2.38. The molecule has 27 heavy (non-hydrogen) atoms. The van der Waals surface area contributed by atoms with E-state index in [0.29, 0.717) is 36.2 Å². The van der Waals surface area contributed by atoms with Crippen LogP contribution in [0.4, 0.5) is 0 Å². The molecule has 1 aliphatic carbocycles. The van der Waals surface area contributed by atoms with Crippen LogP contribution in [0.2, 0.25) is 0 Å². The lowest BCUT2D eigenvalue weighted by molar-refractivity contribution is -0.138. The number of piperidine rings is 1. The average Bonchev–Trinajstić information content (AvgIpc) is 3.51. The van der Waals surface area contributed by atoms with Crippen LogP contribution in [0.3, 0.4) is 0 Å². The Kier molecular flexibility index (Phi) is 4.55. The van der Waals surface area contributed by atoms with Crippen LogP contribution >= 0.6 is 0 Å². The lowest BCUT2D eigenvalue weighted by Crippen LogP contribution is -2.47. The minimum Gasteiger partial charge on any atom is -0.354 e. The Hall–Kier alpha value is -2.90. The molecule has 1 atom stereocenters. The quantitative estimate of drug-likeness (QED) is 0.785. The van der Waals surface area contributed by atoms with Crippen LogP contribution in [0.15, 0.2) is 33.9 Å². The molecular formula is C19H22N4O4. The van der Waals surface area contributed by atoms with Crippen molar-refractivity contribution in [2.45, 2.75) is 38.3 Å². The van der Waals surface area contributed by atoms with Crippen molar-refractivity contribution in [3.05, 3.63) is 45.0 Å². The number of aromatic amines is 1. The van der Waals surface area contributed by atoms with Gasteiger partial charge < -0.3 is 10.2 Å². The van der Waals surface area contributed by atoms with Crippen LogP contribution in [-0.4, -0.2) is 45.6 Å². The maximum Gasteiger partial charge on any atom is 0.273 e. The monoisotopic (exact) mass is 370 g/mol. The van der Waals surface area contributed by atoms with Gasteiger partial charge in [-0.25, -0.2) is 4.68 Å². The Labute approximate surface area is 155 Å². The summed E-state index contributed by atoms with van der Waals surface area (Å²) >= 11 is 0. The summed E-state index contributed by atoms with van der Waals surface area (Å²) in [6.45, 7) is 0.894. The number of likely N-dealkylation sites (tertiary alicyclic amines) is 1. The molecule has 2 aromatic rings. The zero-order valence-electron chi connectivity index (χ0n) is 14.9. The number of H-pyrrole nitrogens is 1. The van der Waals surface area contributed by atoms with Crippen molar-refractivity contribution < 1.29 is 9.59 Å². The van der Waals surface area contributed by atoms with E-state index >= 15 is 0 Å². The minimum absolute atomic E-state index is 0.107. The van der Waals surface area contributed by atoms with Crippen molar-refractivity contribution in [1.82, 2.24) is 20.0 Å². The number of amides is 2. The van der Waals surface area contributed by atoms with E-state index in [1.807, 2.05) is 4.90 Å². The van der Waals surface area contributed by atoms with E-state index in [4.69, 9.17) is 0 Å². The van der Waals surface area contributed by atoms with Gasteiger partial charge in [0.2, 0.25) is 11.8 Å². The Morgan fingerprint density at radius 1 is 1.11 bits per heavy atom. The van der Waals surface area contributed by atoms with Crippen molar-refractivity contribution in [1.29, 1.82) is 0 Å². The predicted octanol–water partition coefficient (Wildman–Crippen LogP) is 0.207. The first-order valence-corrected chi connectivity index (χ1v) is 9.33. The number of nitrogens with one attached hydrogen (secondary N) is 2. The molecule has 2 amide bonds. The molecule has 2 heterocycles. The van der Waals surface area contributed by atoms with Gasteiger partial charge in [0.15, 0.2) is 0 Å². The number of hydrogen-bond donors (Lipinski definition) is 2. The van der Waals surface area contributed by atoms with Gasteiger partial charge in [-0.2, -0.15) is 0 Å². The fourth-order valence-corrected chi connectivity index (χ4v) is 3.66. The van der Waals surface area contributed by atoms with Crippen molar-refractivity contribution in [2.24, 2.45) is 5.92 Å². The summed E-state index contributed by atoms with van der Waals surface area (Å²) in [6.07, 6.45) is 3.02. The van der Waals surface area contributed by atoms with Crippen LogP contribution < -0.4 is 16.4 Å². The van der Waals surface area contributed by atoms with Crippen LogP contribution in [0, 0.1) is 5.92 Å². The van der Waals surface area contributed by atoms with E-state index < -0.39 is 0 Å². The molecule has 1 aromatic heterocycles. The second-order valence-electron chi connectivity index (χ2n) is 7.25. The van der Waals surface area contributed by atoms with Gasteiger partial charge in [0, 0.05) is 25.6 Å². The summed E-state index contributed by atoms with van der Waals surface area (Å²) in [7, 11) is 0. The fourth-order valence-electron chi connectivity index (χ4n) is 3.66. The number of hydrogen-bond acceptors (Lipinski definition) is 4. The first kappa shape index (κ1) is 17.5. The highest BCUT2D eigenvalue weighted by Crippen LogP contribution is 2.31. The van der Waals surface area contributed by atoms with Gasteiger partial charge in [-0.1, -0.05) is 12.1 Å². The summed E-state index contributed by atoms with van der Waals surface area (Å²) in [5.74, 6) is -0.179. The molecule has 1 saturated heterocycles. The smallest absolute Gasteiger partial charge is 0.273 e. The topological polar surface area (TPSA) is 104 Å². The summed E-state index contributed by atoms with van der Waals surface area (Å²) < 4.78 is 1.23. The van der Waals surface area contributed by atoms with Crippen LogP contribution in [0.5, 0.6) is 0 Å². The number of rotatable bonds is 5. The molecule has 8 heteroatoms. The number of carbonyl (C=O) groups excluding carboxylic acids is 2. The lowest BCUT2D eigenvalue weighted by atomic mass is 9.96. The predicted molar refractivity (Wildman–Crippen MR) is 99.3 cm³/mol. The molecule has 2 aliphatic rings. The number of aromatic nitrogens is 2. The minimum atomic E-state index is -0.331. The van der Waals surface area contributed by atoms with E-state index in [1.165, 1.54) is 4.68 Å². The van der Waals surface area contributed by atoms with E-state index in [9.17, 15) is 19.2 Å². The van der Waals surface area contributed by atoms with Gasteiger partial charge in [-0.3, -0.25) is 24.3 Å². The Morgan fingerprint density at radius 2 is 1.85 bits per heavy atom. The SMILES string of the molecule is O=C(NCCn1[nH]c(=O)c2ccccc2c1=O)[C@@H]1CCC(=O)N(C2CC2)C1. The van der Waals surface area contributed by atoms with Crippen molar-refractivity contribution in [3.8, 4) is 0 Å². The second-order valence-corrected chi connectivity index (χ2v) is 7.25.